The van der Waals surface area contributed by atoms with Gasteiger partial charge in [-0.3, -0.25) is 9.69 Å². The normalized spacial score (nSPS) is 15.8. The van der Waals surface area contributed by atoms with Crippen molar-refractivity contribution in [3.63, 3.8) is 0 Å². The molecule has 2 heterocycles. The fourth-order valence-electron chi connectivity index (χ4n) is 4.63. The van der Waals surface area contributed by atoms with Crippen molar-refractivity contribution in [1.82, 2.24) is 20.1 Å². The van der Waals surface area contributed by atoms with Crippen LogP contribution in [0.25, 0.3) is 17.1 Å². The maximum absolute atomic E-state index is 15.1. The standard InChI is InChI=1S/C31H27F5N6O3S/c1-17(2)23-13-4-18(3)14-24(23)42-25(43)15-46-30(42)39-29(44)38-27(33)26(32)19-5-7-20(8-6-19)28-37-16-41(40-28)21-9-11-22(12-10-21)45-31(34,35)36/h4-14,16-17,26-27H,15H2,1-3H3,(H,38,44). The molecule has 1 fully saturated rings. The van der Waals surface area contributed by atoms with Crippen LogP contribution in [0.5, 0.6) is 5.75 Å². The molecule has 9 nitrogen and oxygen atoms in total. The van der Waals surface area contributed by atoms with E-state index < -0.39 is 24.9 Å². The summed E-state index contributed by atoms with van der Waals surface area (Å²) in [6, 6.07) is 15.0. The maximum Gasteiger partial charge on any atom is 0.573 e. The SMILES string of the molecule is Cc1ccc(C(C)C)c(N2C(=O)CSC2=NC(=O)NC(F)C(F)c2ccc(-c3ncn(-c4ccc(OC(F)(F)F)cc4)n3)cc2)c1. The minimum atomic E-state index is -4.81. The van der Waals surface area contributed by atoms with E-state index in [1.165, 1.54) is 52.3 Å². The van der Waals surface area contributed by atoms with Gasteiger partial charge in [-0.25, -0.2) is 23.2 Å². The molecule has 3 amide bonds. The summed E-state index contributed by atoms with van der Waals surface area (Å²) in [6.45, 7) is 5.82. The van der Waals surface area contributed by atoms with E-state index in [1.807, 2.05) is 44.3 Å². The first-order valence-corrected chi connectivity index (χ1v) is 14.9. The summed E-state index contributed by atoms with van der Waals surface area (Å²) >= 11 is 1.03. The molecule has 5 rings (SSSR count). The first-order valence-electron chi connectivity index (χ1n) is 13.9. The number of urea groups is 1. The number of aromatic nitrogens is 3. The summed E-state index contributed by atoms with van der Waals surface area (Å²) in [7, 11) is 0. The van der Waals surface area contributed by atoms with Crippen molar-refractivity contribution < 1.29 is 36.3 Å². The molecule has 0 saturated carbocycles. The smallest absolute Gasteiger partial charge is 0.406 e. The summed E-state index contributed by atoms with van der Waals surface area (Å²) in [5.74, 6) is -0.324. The Bertz CT molecular complexity index is 1760. The average molecular weight is 659 g/mol. The van der Waals surface area contributed by atoms with Gasteiger partial charge in [-0.2, -0.15) is 4.99 Å². The molecule has 0 aliphatic carbocycles. The molecule has 1 aromatic heterocycles. The number of thioether (sulfide) groups is 1. The van der Waals surface area contributed by atoms with Crippen molar-refractivity contribution in [3.05, 3.63) is 89.7 Å². The molecule has 4 aromatic rings. The van der Waals surface area contributed by atoms with Gasteiger partial charge in [-0.05, 0) is 59.9 Å². The highest BCUT2D eigenvalue weighted by Gasteiger charge is 2.33. The largest absolute Gasteiger partial charge is 0.573 e. The summed E-state index contributed by atoms with van der Waals surface area (Å²) < 4.78 is 72.3. The highest BCUT2D eigenvalue weighted by molar-refractivity contribution is 8.15. The average Bonchev–Trinajstić information content (AvgIpc) is 3.63. The number of alkyl halides is 5. The van der Waals surface area contributed by atoms with E-state index in [2.05, 4.69) is 19.8 Å². The molecule has 0 radical (unpaired) electrons. The van der Waals surface area contributed by atoms with E-state index in [0.717, 1.165) is 35.0 Å². The monoisotopic (exact) mass is 658 g/mol. The Morgan fingerprint density at radius 1 is 1.04 bits per heavy atom. The van der Waals surface area contributed by atoms with Crippen LogP contribution in [0.2, 0.25) is 0 Å². The zero-order chi connectivity index (χ0) is 33.2. The van der Waals surface area contributed by atoms with Crippen molar-refractivity contribution >= 4 is 34.6 Å². The van der Waals surface area contributed by atoms with Crippen LogP contribution in [-0.2, 0) is 4.79 Å². The third-order valence-corrected chi connectivity index (χ3v) is 7.77. The van der Waals surface area contributed by atoms with E-state index in [-0.39, 0.29) is 39.9 Å². The number of rotatable bonds is 8. The molecule has 240 valence electrons. The molecule has 46 heavy (non-hydrogen) atoms. The lowest BCUT2D eigenvalue weighted by atomic mass is 9.99. The van der Waals surface area contributed by atoms with E-state index >= 15 is 4.39 Å². The number of carbonyl (C=O) groups excluding carboxylic acids is 2. The molecular formula is C31H27F5N6O3S. The number of amidine groups is 1. The quantitative estimate of drug-likeness (QED) is 0.156. The number of halogens is 5. The molecule has 1 saturated heterocycles. The summed E-state index contributed by atoms with van der Waals surface area (Å²) in [5, 5.41) is 6.25. The molecule has 2 unspecified atom stereocenters. The van der Waals surface area contributed by atoms with Gasteiger partial charge in [0.25, 0.3) is 0 Å². The Labute approximate surface area is 264 Å². The summed E-state index contributed by atoms with van der Waals surface area (Å²) in [4.78, 5) is 34.7. The van der Waals surface area contributed by atoms with Crippen LogP contribution >= 0.6 is 11.8 Å². The number of ether oxygens (including phenoxy) is 1. The number of nitrogens with zero attached hydrogens (tertiary/aromatic N) is 5. The third kappa shape index (κ3) is 7.53. The van der Waals surface area contributed by atoms with Crippen molar-refractivity contribution in [1.29, 1.82) is 0 Å². The van der Waals surface area contributed by atoms with Crippen LogP contribution < -0.4 is 15.0 Å². The second kappa shape index (κ2) is 13.3. The van der Waals surface area contributed by atoms with E-state index in [4.69, 9.17) is 0 Å². The molecule has 3 aromatic carbocycles. The van der Waals surface area contributed by atoms with Crippen LogP contribution in [-0.4, -0.2) is 50.3 Å². The van der Waals surface area contributed by atoms with E-state index in [9.17, 15) is 27.2 Å². The highest BCUT2D eigenvalue weighted by Crippen LogP contribution is 2.34. The number of hydrogen-bond acceptors (Lipinski definition) is 6. The number of carbonyl (C=O) groups is 2. The number of hydrogen-bond donors (Lipinski definition) is 1. The molecular weight excluding hydrogens is 631 g/mol. The summed E-state index contributed by atoms with van der Waals surface area (Å²) in [5.41, 5.74) is 3.16. The van der Waals surface area contributed by atoms with Gasteiger partial charge in [-0.15, -0.1) is 18.3 Å². The Morgan fingerprint density at radius 3 is 2.39 bits per heavy atom. The Kier molecular flexibility index (Phi) is 9.42. The zero-order valence-corrected chi connectivity index (χ0v) is 25.4. The van der Waals surface area contributed by atoms with Crippen LogP contribution in [0.3, 0.4) is 0 Å². The Hall–Kier alpha value is -4.79. The number of aryl methyl sites for hydroxylation is 1. The van der Waals surface area contributed by atoms with Crippen LogP contribution in [0.4, 0.5) is 32.4 Å². The van der Waals surface area contributed by atoms with Gasteiger partial charge in [0.15, 0.2) is 17.2 Å². The van der Waals surface area contributed by atoms with Gasteiger partial charge < -0.3 is 10.1 Å². The van der Waals surface area contributed by atoms with Gasteiger partial charge >= 0.3 is 12.4 Å². The first-order chi connectivity index (χ1) is 21.8. The number of amides is 3. The minimum Gasteiger partial charge on any atom is -0.406 e. The second-order valence-corrected chi connectivity index (χ2v) is 11.5. The van der Waals surface area contributed by atoms with Crippen molar-refractivity contribution in [3.8, 4) is 22.8 Å². The molecule has 0 bridgehead atoms. The van der Waals surface area contributed by atoms with Crippen LogP contribution in [0, 0.1) is 6.92 Å². The number of aliphatic imine (C=N–C) groups is 1. The van der Waals surface area contributed by atoms with Gasteiger partial charge in [0.1, 0.15) is 12.1 Å². The zero-order valence-electron chi connectivity index (χ0n) is 24.6. The van der Waals surface area contributed by atoms with Gasteiger partial charge in [0.05, 0.1) is 17.1 Å². The summed E-state index contributed by atoms with van der Waals surface area (Å²) in [6.07, 6.45) is -8.15. The number of nitrogens with one attached hydrogen (secondary N) is 1. The van der Waals surface area contributed by atoms with Gasteiger partial charge in [0, 0.05) is 5.56 Å². The second-order valence-electron chi connectivity index (χ2n) is 10.6. The predicted octanol–water partition coefficient (Wildman–Crippen LogP) is 7.42. The van der Waals surface area contributed by atoms with Crippen molar-refractivity contribution in [2.75, 3.05) is 10.7 Å². The molecule has 0 spiro atoms. The first kappa shape index (κ1) is 32.6. The van der Waals surface area contributed by atoms with E-state index in [0.29, 0.717) is 16.9 Å². The fraction of sp³-hybridized carbons (Fsp3) is 0.258. The number of anilines is 1. The highest BCUT2D eigenvalue weighted by atomic mass is 32.2. The lowest BCUT2D eigenvalue weighted by molar-refractivity contribution is -0.274. The maximum atomic E-state index is 15.1. The van der Waals surface area contributed by atoms with E-state index in [1.54, 1.807) is 0 Å². The van der Waals surface area contributed by atoms with Gasteiger partial charge in [0.2, 0.25) is 12.2 Å². The molecule has 15 heteroatoms. The van der Waals surface area contributed by atoms with Crippen molar-refractivity contribution in [2.45, 2.75) is 45.5 Å². The molecule has 2 atom stereocenters. The lowest BCUT2D eigenvalue weighted by Gasteiger charge is -2.22. The van der Waals surface area contributed by atoms with Crippen molar-refractivity contribution in [2.24, 2.45) is 4.99 Å². The van der Waals surface area contributed by atoms with Gasteiger partial charge in [-0.1, -0.05) is 62.0 Å². The van der Waals surface area contributed by atoms with Crippen LogP contribution in [0.15, 0.2) is 78.0 Å². The molecule has 1 N–H and O–H groups in total. The molecule has 1 aliphatic heterocycles. The molecule has 1 aliphatic rings. The Morgan fingerprint density at radius 2 is 1.74 bits per heavy atom. The predicted molar refractivity (Wildman–Crippen MR) is 163 cm³/mol. The minimum absolute atomic E-state index is 0.0467. The Balaban J connectivity index is 1.24. The van der Waals surface area contributed by atoms with Crippen LogP contribution in [0.1, 0.15) is 42.6 Å². The topological polar surface area (TPSA) is 102 Å². The fourth-order valence-corrected chi connectivity index (χ4v) is 5.49. The third-order valence-electron chi connectivity index (χ3n) is 6.84. The number of benzene rings is 3. The lowest BCUT2D eigenvalue weighted by Crippen LogP contribution is -2.35.